The second-order valence-corrected chi connectivity index (χ2v) is 6.17. The van der Waals surface area contributed by atoms with Gasteiger partial charge in [0.15, 0.2) is 11.6 Å². The first-order valence-electron chi connectivity index (χ1n) is 8.41. The summed E-state index contributed by atoms with van der Waals surface area (Å²) in [5.41, 5.74) is 2.25. The van der Waals surface area contributed by atoms with Crippen molar-refractivity contribution in [2.45, 2.75) is 25.9 Å². The molecule has 2 atom stereocenters. The van der Waals surface area contributed by atoms with Crippen molar-refractivity contribution in [2.75, 3.05) is 0 Å². The Morgan fingerprint density at radius 3 is 2.19 bits per heavy atom. The summed E-state index contributed by atoms with van der Waals surface area (Å²) in [5.74, 6) is -1.86. The largest absolute Gasteiger partial charge is 0.332 e. The number of urea groups is 1. The van der Waals surface area contributed by atoms with E-state index in [9.17, 15) is 13.6 Å². The molecule has 8 heteroatoms. The Bertz CT molecular complexity index is 912. The van der Waals surface area contributed by atoms with Gasteiger partial charge in [0.25, 0.3) is 0 Å². The molecule has 0 fully saturated rings. The molecule has 0 radical (unpaired) electrons. The third-order valence-electron chi connectivity index (χ3n) is 4.22. The Balaban J connectivity index is 1.59. The maximum atomic E-state index is 13.3. The predicted molar refractivity (Wildman–Crippen MR) is 96.2 cm³/mol. The average Bonchev–Trinajstić information content (AvgIpc) is 3.18. The van der Waals surface area contributed by atoms with E-state index in [-0.39, 0.29) is 6.04 Å². The molecule has 1 heterocycles. The van der Waals surface area contributed by atoms with E-state index >= 15 is 0 Å². The van der Waals surface area contributed by atoms with Crippen molar-refractivity contribution in [1.29, 1.82) is 0 Å². The summed E-state index contributed by atoms with van der Waals surface area (Å²) in [6.45, 7) is 3.55. The summed E-state index contributed by atoms with van der Waals surface area (Å²) in [5, 5.41) is 9.60. The highest BCUT2D eigenvalue weighted by Gasteiger charge is 2.14. The molecule has 140 valence electrons. The number of rotatable bonds is 5. The quantitative estimate of drug-likeness (QED) is 0.719. The molecule has 6 nitrogen and oxygen atoms in total. The van der Waals surface area contributed by atoms with Gasteiger partial charge in [0.1, 0.15) is 12.7 Å². The Kier molecular flexibility index (Phi) is 5.44. The number of carbonyl (C=O) groups excluding carboxylic acids is 1. The summed E-state index contributed by atoms with van der Waals surface area (Å²) in [6, 6.07) is 9.98. The molecule has 2 aromatic carbocycles. The van der Waals surface area contributed by atoms with Gasteiger partial charge in [-0.1, -0.05) is 18.2 Å². The van der Waals surface area contributed by atoms with Gasteiger partial charge in [0.05, 0.1) is 17.8 Å². The van der Waals surface area contributed by atoms with Crippen LogP contribution in [0.1, 0.15) is 37.1 Å². The number of amides is 2. The zero-order valence-corrected chi connectivity index (χ0v) is 14.9. The normalized spacial score (nSPS) is 13.0. The average molecular weight is 371 g/mol. The minimum absolute atomic E-state index is 0.244. The molecule has 27 heavy (non-hydrogen) atoms. The lowest BCUT2D eigenvalue weighted by atomic mass is 10.1. The van der Waals surface area contributed by atoms with Crippen molar-refractivity contribution in [3.63, 3.8) is 0 Å². The van der Waals surface area contributed by atoms with Crippen LogP contribution < -0.4 is 10.6 Å². The standard InChI is InChI=1S/C19H19F2N5O/c1-12(14-3-6-16(7-4-14)26-11-22-10-23-26)24-19(27)25-13(2)15-5-8-17(20)18(21)9-15/h3-13H,1-2H3,(H2,24,25,27). The monoisotopic (exact) mass is 371 g/mol. The lowest BCUT2D eigenvalue weighted by Gasteiger charge is -2.19. The minimum atomic E-state index is -0.942. The Labute approximate surface area is 155 Å². The maximum absolute atomic E-state index is 13.3. The van der Waals surface area contributed by atoms with Crippen molar-refractivity contribution in [3.05, 3.63) is 77.9 Å². The highest BCUT2D eigenvalue weighted by Crippen LogP contribution is 2.17. The summed E-state index contributed by atoms with van der Waals surface area (Å²) in [7, 11) is 0. The van der Waals surface area contributed by atoms with E-state index in [1.165, 1.54) is 12.4 Å². The highest BCUT2D eigenvalue weighted by atomic mass is 19.2. The smallest absolute Gasteiger partial charge is 0.315 e. The third-order valence-corrected chi connectivity index (χ3v) is 4.22. The second-order valence-electron chi connectivity index (χ2n) is 6.17. The molecule has 1 aromatic heterocycles. The topological polar surface area (TPSA) is 71.8 Å². The Hall–Kier alpha value is -3.29. The Morgan fingerprint density at radius 2 is 1.59 bits per heavy atom. The van der Waals surface area contributed by atoms with Crippen LogP contribution in [0.4, 0.5) is 13.6 Å². The van der Waals surface area contributed by atoms with Crippen LogP contribution in [-0.2, 0) is 0 Å². The number of benzene rings is 2. The van der Waals surface area contributed by atoms with Crippen molar-refractivity contribution in [1.82, 2.24) is 25.4 Å². The zero-order chi connectivity index (χ0) is 19.4. The van der Waals surface area contributed by atoms with Crippen LogP contribution >= 0.6 is 0 Å². The van der Waals surface area contributed by atoms with Crippen LogP contribution in [0, 0.1) is 11.6 Å². The van der Waals surface area contributed by atoms with Gasteiger partial charge in [-0.25, -0.2) is 23.2 Å². The fraction of sp³-hybridized carbons (Fsp3) is 0.211. The van der Waals surface area contributed by atoms with Gasteiger partial charge in [0.2, 0.25) is 0 Å². The Morgan fingerprint density at radius 1 is 0.963 bits per heavy atom. The number of carbonyl (C=O) groups is 1. The van der Waals surface area contributed by atoms with Gasteiger partial charge < -0.3 is 10.6 Å². The molecule has 3 rings (SSSR count). The van der Waals surface area contributed by atoms with E-state index in [4.69, 9.17) is 0 Å². The van der Waals surface area contributed by atoms with Gasteiger partial charge >= 0.3 is 6.03 Å². The van der Waals surface area contributed by atoms with Gasteiger partial charge in [-0.05, 0) is 49.2 Å². The lowest BCUT2D eigenvalue weighted by Crippen LogP contribution is -2.38. The minimum Gasteiger partial charge on any atom is -0.332 e. The number of nitrogens with one attached hydrogen (secondary N) is 2. The van der Waals surface area contributed by atoms with Crippen molar-refractivity contribution in [3.8, 4) is 5.69 Å². The summed E-state index contributed by atoms with van der Waals surface area (Å²) in [6.07, 6.45) is 3.06. The van der Waals surface area contributed by atoms with Crippen LogP contribution in [0.3, 0.4) is 0 Å². The molecule has 2 unspecified atom stereocenters. The molecule has 0 saturated heterocycles. The molecule has 2 amide bonds. The summed E-state index contributed by atoms with van der Waals surface area (Å²) >= 11 is 0. The number of hydrogen-bond donors (Lipinski definition) is 2. The molecule has 0 aliphatic heterocycles. The second kappa shape index (κ2) is 7.94. The number of halogens is 2. The predicted octanol–water partition coefficient (Wildman–Crippen LogP) is 3.67. The van der Waals surface area contributed by atoms with Crippen LogP contribution in [0.2, 0.25) is 0 Å². The van der Waals surface area contributed by atoms with E-state index in [0.29, 0.717) is 5.56 Å². The van der Waals surface area contributed by atoms with E-state index in [0.717, 1.165) is 23.4 Å². The molecular weight excluding hydrogens is 352 g/mol. The SMILES string of the molecule is CC(NC(=O)NC(C)c1ccc(F)c(F)c1)c1ccc(-n2cncn2)cc1. The number of hydrogen-bond acceptors (Lipinski definition) is 3. The van der Waals surface area contributed by atoms with Crippen LogP contribution in [-0.4, -0.2) is 20.8 Å². The first kappa shape index (κ1) is 18.5. The fourth-order valence-electron chi connectivity index (χ4n) is 2.64. The zero-order valence-electron chi connectivity index (χ0n) is 14.9. The van der Waals surface area contributed by atoms with E-state index < -0.39 is 23.7 Å². The maximum Gasteiger partial charge on any atom is 0.315 e. The van der Waals surface area contributed by atoms with Gasteiger partial charge in [-0.3, -0.25) is 0 Å². The lowest BCUT2D eigenvalue weighted by molar-refractivity contribution is 0.235. The molecular formula is C19H19F2N5O. The van der Waals surface area contributed by atoms with Gasteiger partial charge in [-0.15, -0.1) is 0 Å². The number of aromatic nitrogens is 3. The van der Waals surface area contributed by atoms with Crippen LogP contribution in [0.15, 0.2) is 55.1 Å². The molecule has 0 aliphatic carbocycles. The molecule has 0 saturated carbocycles. The van der Waals surface area contributed by atoms with E-state index in [1.807, 2.05) is 31.2 Å². The van der Waals surface area contributed by atoms with E-state index in [2.05, 4.69) is 20.7 Å². The van der Waals surface area contributed by atoms with Gasteiger partial charge in [-0.2, -0.15) is 5.10 Å². The van der Waals surface area contributed by atoms with Crippen LogP contribution in [0.5, 0.6) is 0 Å². The fourth-order valence-corrected chi connectivity index (χ4v) is 2.64. The van der Waals surface area contributed by atoms with Crippen molar-refractivity contribution in [2.24, 2.45) is 0 Å². The van der Waals surface area contributed by atoms with Crippen molar-refractivity contribution < 1.29 is 13.6 Å². The summed E-state index contributed by atoms with van der Waals surface area (Å²) < 4.78 is 28.0. The van der Waals surface area contributed by atoms with Crippen LogP contribution in [0.25, 0.3) is 5.69 Å². The molecule has 0 spiro atoms. The first-order chi connectivity index (χ1) is 12.9. The van der Waals surface area contributed by atoms with E-state index in [1.54, 1.807) is 17.9 Å². The van der Waals surface area contributed by atoms with Crippen molar-refractivity contribution >= 4 is 6.03 Å². The molecule has 3 aromatic rings. The highest BCUT2D eigenvalue weighted by molar-refractivity contribution is 5.75. The molecule has 0 aliphatic rings. The molecule has 2 N–H and O–H groups in total. The van der Waals surface area contributed by atoms with Gasteiger partial charge in [0, 0.05) is 0 Å². The summed E-state index contributed by atoms with van der Waals surface area (Å²) in [4.78, 5) is 16.1. The molecule has 0 bridgehead atoms. The first-order valence-corrected chi connectivity index (χ1v) is 8.41. The number of nitrogens with zero attached hydrogens (tertiary/aromatic N) is 3. The third kappa shape index (κ3) is 4.46.